The van der Waals surface area contributed by atoms with Gasteiger partial charge in [-0.1, -0.05) is 140 Å². The van der Waals surface area contributed by atoms with Crippen molar-refractivity contribution in [1.82, 2.24) is 19.1 Å². The molecule has 0 unspecified atom stereocenters. The Hall–Kier alpha value is -9.32. The van der Waals surface area contributed by atoms with E-state index >= 15 is 0 Å². The molecule has 0 saturated heterocycles. The second-order valence-corrected chi connectivity index (χ2v) is 17.8. The summed E-state index contributed by atoms with van der Waals surface area (Å²) in [7, 11) is 0. The quantitative estimate of drug-likeness (QED) is 0.160. The molecule has 0 saturated carbocycles. The number of hydrogen-bond acceptors (Lipinski definition) is 3. The number of furan rings is 1. The second-order valence-electron chi connectivity index (χ2n) is 17.8. The van der Waals surface area contributed by atoms with Crippen molar-refractivity contribution in [3.05, 3.63) is 243 Å². The minimum Gasteiger partial charge on any atom is -0.456 e. The van der Waals surface area contributed by atoms with E-state index in [9.17, 15) is 0 Å². The monoisotopic (exact) mass is 880 g/mol. The summed E-state index contributed by atoms with van der Waals surface area (Å²) in [6, 6.07) is 86.4. The molecule has 0 atom stereocenters. The van der Waals surface area contributed by atoms with E-state index in [1.165, 1.54) is 49.2 Å². The van der Waals surface area contributed by atoms with Crippen LogP contribution in [0.1, 0.15) is 0 Å². The van der Waals surface area contributed by atoms with Crippen molar-refractivity contribution < 1.29 is 4.42 Å². The van der Waals surface area contributed by atoms with Crippen molar-refractivity contribution in [2.75, 3.05) is 0 Å². The van der Waals surface area contributed by atoms with E-state index in [-0.39, 0.29) is 0 Å². The number of fused-ring (bicyclic) bond motifs is 9. The maximum atomic E-state index is 6.49. The fourth-order valence-corrected chi connectivity index (χ4v) is 10.4. The summed E-state index contributed by atoms with van der Waals surface area (Å²) >= 11 is 0. The van der Waals surface area contributed by atoms with Crippen LogP contribution in [0.15, 0.2) is 247 Å². The third-order valence-corrected chi connectivity index (χ3v) is 13.7. The lowest BCUT2D eigenvalue weighted by atomic mass is 9.98. The zero-order valence-corrected chi connectivity index (χ0v) is 37.3. The first-order valence-electron chi connectivity index (χ1n) is 23.4. The normalized spacial score (nSPS) is 11.8. The average molecular weight is 881 g/mol. The number of para-hydroxylation sites is 3. The highest BCUT2D eigenvalue weighted by Crippen LogP contribution is 2.41. The Balaban J connectivity index is 0.904. The molecule has 0 spiro atoms. The molecule has 10 aromatic carbocycles. The summed E-state index contributed by atoms with van der Waals surface area (Å²) in [5.41, 5.74) is 18.1. The molecule has 0 bridgehead atoms. The molecule has 0 fully saturated rings. The SMILES string of the molecule is c1ccc(-c2cc(-c3ccc4oc5ccc(-c6ccc7c(c6)c6cc(-c8ccc9c(c8)c8ccccc8n9-c8ccccc8)ccc6n7-c6ccccc6)cc5c4c3)nc(-c3ccccc3)n2)cc1. The summed E-state index contributed by atoms with van der Waals surface area (Å²) < 4.78 is 11.3. The van der Waals surface area contributed by atoms with Crippen molar-refractivity contribution in [2.45, 2.75) is 0 Å². The molecule has 14 aromatic rings. The van der Waals surface area contributed by atoms with E-state index in [4.69, 9.17) is 14.4 Å². The highest BCUT2D eigenvalue weighted by Gasteiger charge is 2.19. The zero-order valence-electron chi connectivity index (χ0n) is 37.3. The lowest BCUT2D eigenvalue weighted by Gasteiger charge is -2.09. The Morgan fingerprint density at radius 2 is 0.638 bits per heavy atom. The van der Waals surface area contributed by atoms with Gasteiger partial charge in [0.1, 0.15) is 11.2 Å². The van der Waals surface area contributed by atoms with Gasteiger partial charge in [0, 0.05) is 60.4 Å². The fourth-order valence-electron chi connectivity index (χ4n) is 10.4. The Bertz CT molecular complexity index is 4230. The van der Waals surface area contributed by atoms with E-state index in [0.29, 0.717) is 5.82 Å². The molecule has 322 valence electrons. The largest absolute Gasteiger partial charge is 0.456 e. The number of rotatable bonds is 7. The van der Waals surface area contributed by atoms with Crippen molar-refractivity contribution in [1.29, 1.82) is 0 Å². The summed E-state index contributed by atoms with van der Waals surface area (Å²) in [6.07, 6.45) is 0. The molecule has 14 rings (SSSR count). The van der Waals surface area contributed by atoms with Crippen LogP contribution in [0.25, 0.3) is 133 Å². The van der Waals surface area contributed by atoms with Crippen LogP contribution < -0.4 is 0 Å². The molecule has 5 heteroatoms. The van der Waals surface area contributed by atoms with Crippen molar-refractivity contribution in [3.63, 3.8) is 0 Å². The molecule has 0 N–H and O–H groups in total. The molecule has 4 heterocycles. The van der Waals surface area contributed by atoms with Crippen molar-refractivity contribution >= 4 is 65.6 Å². The first-order valence-corrected chi connectivity index (χ1v) is 23.4. The molecule has 69 heavy (non-hydrogen) atoms. The summed E-state index contributed by atoms with van der Waals surface area (Å²) in [6.45, 7) is 0. The van der Waals surface area contributed by atoms with Gasteiger partial charge in [0.2, 0.25) is 0 Å². The second kappa shape index (κ2) is 15.7. The van der Waals surface area contributed by atoms with Gasteiger partial charge >= 0.3 is 0 Å². The lowest BCUT2D eigenvalue weighted by Crippen LogP contribution is -1.95. The van der Waals surface area contributed by atoms with Gasteiger partial charge < -0.3 is 13.6 Å². The standard InChI is InChI=1S/C64H40N4O/c1-5-15-41(16-6-1)56-40-57(66-64(65-56)42-17-7-2-8-18-42)47-29-34-63-55(39-47)54-38-46(28-33-62(54)69-63)45-27-32-61-53(37-45)52-36-44(26-31-60(52)68(61)49-21-11-4-12-22-49)43-25-30-59-51(35-43)50-23-13-14-24-58(50)67(59)48-19-9-3-10-20-48/h1-40H. The van der Waals surface area contributed by atoms with Gasteiger partial charge in [-0.05, 0) is 125 Å². The molecule has 0 radical (unpaired) electrons. The van der Waals surface area contributed by atoms with Gasteiger partial charge in [-0.15, -0.1) is 0 Å². The van der Waals surface area contributed by atoms with Crippen LogP contribution in [0.4, 0.5) is 0 Å². The Morgan fingerprint density at radius 1 is 0.261 bits per heavy atom. The molecule has 0 amide bonds. The van der Waals surface area contributed by atoms with Gasteiger partial charge in [0.25, 0.3) is 0 Å². The molecule has 0 aliphatic rings. The van der Waals surface area contributed by atoms with Crippen LogP contribution >= 0.6 is 0 Å². The van der Waals surface area contributed by atoms with Gasteiger partial charge in [0.05, 0.1) is 33.5 Å². The first kappa shape index (κ1) is 38.9. The Morgan fingerprint density at radius 3 is 1.17 bits per heavy atom. The van der Waals surface area contributed by atoms with Gasteiger partial charge in [0.15, 0.2) is 5.82 Å². The van der Waals surface area contributed by atoms with Gasteiger partial charge in [-0.25, -0.2) is 9.97 Å². The topological polar surface area (TPSA) is 48.8 Å². The fraction of sp³-hybridized carbons (Fsp3) is 0. The number of hydrogen-bond donors (Lipinski definition) is 0. The highest BCUT2D eigenvalue weighted by molar-refractivity contribution is 6.14. The van der Waals surface area contributed by atoms with Crippen molar-refractivity contribution in [2.24, 2.45) is 0 Å². The van der Waals surface area contributed by atoms with E-state index < -0.39 is 0 Å². The predicted molar refractivity (Wildman–Crippen MR) is 285 cm³/mol. The smallest absolute Gasteiger partial charge is 0.160 e. The molecule has 4 aromatic heterocycles. The maximum Gasteiger partial charge on any atom is 0.160 e. The lowest BCUT2D eigenvalue weighted by molar-refractivity contribution is 0.669. The van der Waals surface area contributed by atoms with E-state index in [1.807, 2.05) is 36.4 Å². The molecule has 5 nitrogen and oxygen atoms in total. The summed E-state index contributed by atoms with van der Waals surface area (Å²) in [5, 5.41) is 6.98. The van der Waals surface area contributed by atoms with Crippen LogP contribution in [0.3, 0.4) is 0 Å². The molecular formula is C64H40N4O. The number of aromatic nitrogens is 4. The van der Waals surface area contributed by atoms with Crippen molar-refractivity contribution in [3.8, 4) is 67.5 Å². The van der Waals surface area contributed by atoms with Crippen LogP contribution in [-0.2, 0) is 0 Å². The molecule has 0 aliphatic heterocycles. The highest BCUT2D eigenvalue weighted by atomic mass is 16.3. The Labute approximate surface area is 397 Å². The van der Waals surface area contributed by atoms with Gasteiger partial charge in [-0.3, -0.25) is 0 Å². The van der Waals surface area contributed by atoms with Crippen LogP contribution in [0.2, 0.25) is 0 Å². The van der Waals surface area contributed by atoms with E-state index in [0.717, 1.165) is 78.0 Å². The summed E-state index contributed by atoms with van der Waals surface area (Å²) in [4.78, 5) is 10.2. The third kappa shape index (κ3) is 6.47. The van der Waals surface area contributed by atoms with E-state index in [1.54, 1.807) is 0 Å². The first-order chi connectivity index (χ1) is 34.2. The minimum atomic E-state index is 0.691. The van der Waals surface area contributed by atoms with Crippen LogP contribution in [0.5, 0.6) is 0 Å². The van der Waals surface area contributed by atoms with E-state index in [2.05, 4.69) is 215 Å². The Kier molecular flexibility index (Phi) is 8.83. The van der Waals surface area contributed by atoms with Gasteiger partial charge in [-0.2, -0.15) is 0 Å². The maximum absolute atomic E-state index is 6.49. The predicted octanol–water partition coefficient (Wildman–Crippen LogP) is 16.9. The minimum absolute atomic E-state index is 0.691. The van der Waals surface area contributed by atoms with Crippen LogP contribution in [-0.4, -0.2) is 19.1 Å². The number of benzene rings is 10. The van der Waals surface area contributed by atoms with Crippen LogP contribution in [0, 0.1) is 0 Å². The molecule has 0 aliphatic carbocycles. The number of nitrogens with zero attached hydrogens (tertiary/aromatic N) is 4. The zero-order chi connectivity index (χ0) is 45.4. The average Bonchev–Trinajstić information content (AvgIpc) is 4.08. The molecular weight excluding hydrogens is 841 g/mol. The summed E-state index contributed by atoms with van der Waals surface area (Å²) in [5.74, 6) is 0.691. The third-order valence-electron chi connectivity index (χ3n) is 13.7.